The van der Waals surface area contributed by atoms with Crippen molar-refractivity contribution in [3.05, 3.63) is 0 Å². The largest absolute Gasteiger partial charge is 0.454 e. The van der Waals surface area contributed by atoms with Gasteiger partial charge in [0.05, 0.1) is 0 Å². The normalized spacial score (nSPS) is 18.3. The Hall–Kier alpha value is -0.930. The van der Waals surface area contributed by atoms with Crippen LogP contribution in [0.2, 0.25) is 0 Å². The van der Waals surface area contributed by atoms with Gasteiger partial charge >= 0.3 is 6.09 Å². The van der Waals surface area contributed by atoms with Crippen molar-refractivity contribution in [2.75, 3.05) is 6.73 Å². The molecule has 1 heterocycles. The van der Waals surface area contributed by atoms with E-state index < -0.39 is 6.09 Å². The number of azo groups is 1. The van der Waals surface area contributed by atoms with E-state index in [9.17, 15) is 4.79 Å². The van der Waals surface area contributed by atoms with Crippen molar-refractivity contribution >= 4 is 6.09 Å². The van der Waals surface area contributed by atoms with E-state index in [1.165, 1.54) is 0 Å². The van der Waals surface area contributed by atoms with E-state index in [0.717, 1.165) is 0 Å². The van der Waals surface area contributed by atoms with Crippen LogP contribution >= 0.6 is 0 Å². The SMILES string of the molecule is O=C1N=NCO1. The summed E-state index contributed by atoms with van der Waals surface area (Å²) in [6, 6.07) is 0. The molecule has 0 N–H and O–H groups in total. The van der Waals surface area contributed by atoms with Crippen molar-refractivity contribution in [1.82, 2.24) is 0 Å². The van der Waals surface area contributed by atoms with Crippen molar-refractivity contribution < 1.29 is 9.53 Å². The van der Waals surface area contributed by atoms with Gasteiger partial charge in [-0.2, -0.15) is 0 Å². The highest BCUT2D eigenvalue weighted by Crippen LogP contribution is 1.92. The van der Waals surface area contributed by atoms with Gasteiger partial charge in [-0.1, -0.05) is 5.11 Å². The second-order valence-corrected chi connectivity index (χ2v) is 0.781. The molecule has 0 bridgehead atoms. The molecule has 0 saturated carbocycles. The van der Waals surface area contributed by atoms with Gasteiger partial charge in [0.1, 0.15) is 0 Å². The number of hydrogen-bond acceptors (Lipinski definition) is 3. The monoisotopic (exact) mass is 86.0 g/mol. The van der Waals surface area contributed by atoms with Crippen LogP contribution in [0.4, 0.5) is 4.79 Å². The molecule has 0 saturated heterocycles. The van der Waals surface area contributed by atoms with Crippen LogP contribution in [-0.2, 0) is 4.74 Å². The van der Waals surface area contributed by atoms with Crippen LogP contribution in [0.15, 0.2) is 10.2 Å². The minimum Gasteiger partial charge on any atom is -0.422 e. The topological polar surface area (TPSA) is 51.0 Å². The first-order valence-corrected chi connectivity index (χ1v) is 1.44. The van der Waals surface area contributed by atoms with E-state index in [-0.39, 0.29) is 6.73 Å². The molecule has 1 rings (SSSR count). The number of ether oxygens (including phenoxy) is 1. The van der Waals surface area contributed by atoms with Crippen molar-refractivity contribution in [3.63, 3.8) is 0 Å². The molecule has 0 aliphatic carbocycles. The van der Waals surface area contributed by atoms with Gasteiger partial charge in [-0.15, -0.1) is 5.11 Å². The van der Waals surface area contributed by atoms with E-state index in [2.05, 4.69) is 15.0 Å². The summed E-state index contributed by atoms with van der Waals surface area (Å²) in [6.45, 7) is 0.0961. The highest BCUT2D eigenvalue weighted by Gasteiger charge is 2.02. The van der Waals surface area contributed by atoms with E-state index in [1.807, 2.05) is 0 Å². The number of cyclic esters (lactones) is 1. The third-order valence-electron chi connectivity index (χ3n) is 0.398. The van der Waals surface area contributed by atoms with Crippen LogP contribution in [0, 0.1) is 0 Å². The molecule has 4 heteroatoms. The van der Waals surface area contributed by atoms with Gasteiger partial charge in [0.25, 0.3) is 0 Å². The molecular formula is C2H2N2O2. The van der Waals surface area contributed by atoms with Crippen molar-refractivity contribution in [2.45, 2.75) is 0 Å². The fourth-order valence-corrected chi connectivity index (χ4v) is 0.200. The Morgan fingerprint density at radius 2 is 2.67 bits per heavy atom. The first-order valence-electron chi connectivity index (χ1n) is 1.44. The van der Waals surface area contributed by atoms with Gasteiger partial charge < -0.3 is 4.74 Å². The second-order valence-electron chi connectivity index (χ2n) is 0.781. The van der Waals surface area contributed by atoms with Gasteiger partial charge in [-0.25, -0.2) is 4.79 Å². The van der Waals surface area contributed by atoms with E-state index >= 15 is 0 Å². The summed E-state index contributed by atoms with van der Waals surface area (Å²) in [7, 11) is 0. The van der Waals surface area contributed by atoms with Gasteiger partial charge in [0.15, 0.2) is 0 Å². The minimum atomic E-state index is -0.588. The smallest absolute Gasteiger partial charge is 0.422 e. The van der Waals surface area contributed by atoms with Gasteiger partial charge in [0, 0.05) is 0 Å². The number of carbonyl (C=O) groups excluding carboxylic acids is 1. The molecule has 4 nitrogen and oxygen atoms in total. The Morgan fingerprint density at radius 3 is 2.83 bits per heavy atom. The fraction of sp³-hybridized carbons (Fsp3) is 0.500. The third kappa shape index (κ3) is 0.357. The lowest BCUT2D eigenvalue weighted by atomic mass is 11.2. The van der Waals surface area contributed by atoms with Crippen molar-refractivity contribution in [1.29, 1.82) is 0 Å². The fourth-order valence-electron chi connectivity index (χ4n) is 0.200. The Balaban J connectivity index is 2.59. The van der Waals surface area contributed by atoms with E-state index in [0.29, 0.717) is 0 Å². The van der Waals surface area contributed by atoms with Crippen LogP contribution in [0.3, 0.4) is 0 Å². The predicted molar refractivity (Wildman–Crippen MR) is 16.2 cm³/mol. The Morgan fingerprint density at radius 1 is 1.83 bits per heavy atom. The van der Waals surface area contributed by atoms with Gasteiger partial charge in [0.2, 0.25) is 6.73 Å². The minimum absolute atomic E-state index is 0.0961. The molecule has 1 aliphatic rings. The summed E-state index contributed by atoms with van der Waals surface area (Å²) in [6.07, 6.45) is -0.588. The van der Waals surface area contributed by atoms with E-state index in [4.69, 9.17) is 0 Å². The van der Waals surface area contributed by atoms with Crippen LogP contribution in [0.25, 0.3) is 0 Å². The predicted octanol–water partition coefficient (Wildman–Crippen LogP) is 0.546. The zero-order valence-corrected chi connectivity index (χ0v) is 2.92. The van der Waals surface area contributed by atoms with Crippen molar-refractivity contribution in [2.24, 2.45) is 10.2 Å². The Kier molecular flexibility index (Phi) is 0.567. The van der Waals surface area contributed by atoms with Crippen LogP contribution < -0.4 is 0 Å². The van der Waals surface area contributed by atoms with Crippen molar-refractivity contribution in [3.8, 4) is 0 Å². The molecule has 0 aromatic heterocycles. The van der Waals surface area contributed by atoms with Crippen LogP contribution in [0.5, 0.6) is 0 Å². The molecule has 0 spiro atoms. The summed E-state index contributed by atoms with van der Waals surface area (Å²) >= 11 is 0. The lowest BCUT2D eigenvalue weighted by Gasteiger charge is -1.76. The highest BCUT2D eigenvalue weighted by atomic mass is 16.6. The molecule has 0 fully saturated rings. The maximum atomic E-state index is 9.76. The number of carbonyl (C=O) groups is 1. The molecule has 6 heavy (non-hydrogen) atoms. The Bertz CT molecular complexity index is 97.7. The van der Waals surface area contributed by atoms with Gasteiger partial charge in [-0.3, -0.25) is 0 Å². The number of rotatable bonds is 0. The average Bonchev–Trinajstić information content (AvgIpc) is 1.86. The summed E-state index contributed by atoms with van der Waals surface area (Å²) in [5.41, 5.74) is 0. The van der Waals surface area contributed by atoms with Crippen LogP contribution in [-0.4, -0.2) is 12.8 Å². The molecule has 0 unspecified atom stereocenters. The quantitative estimate of drug-likeness (QED) is 0.432. The number of amides is 1. The number of hydrogen-bond donors (Lipinski definition) is 0. The highest BCUT2D eigenvalue weighted by molar-refractivity contribution is 5.68. The molecule has 0 atom stereocenters. The molecule has 0 aromatic carbocycles. The standard InChI is InChI=1S/C2H2N2O2/c5-2-4-3-1-6-2/h1H2. The van der Waals surface area contributed by atoms with Crippen LogP contribution in [0.1, 0.15) is 0 Å². The third-order valence-corrected chi connectivity index (χ3v) is 0.398. The molecule has 1 aliphatic heterocycles. The summed E-state index contributed by atoms with van der Waals surface area (Å²) in [5, 5.41) is 6.22. The molecule has 0 radical (unpaired) electrons. The summed E-state index contributed by atoms with van der Waals surface area (Å²) in [5.74, 6) is 0. The first kappa shape index (κ1) is 3.27. The summed E-state index contributed by atoms with van der Waals surface area (Å²) in [4.78, 5) is 9.76. The second kappa shape index (κ2) is 1.04. The number of nitrogens with zero attached hydrogens (tertiary/aromatic N) is 2. The summed E-state index contributed by atoms with van der Waals surface area (Å²) < 4.78 is 4.18. The van der Waals surface area contributed by atoms with E-state index in [1.54, 1.807) is 0 Å². The molecule has 0 aromatic rings. The maximum Gasteiger partial charge on any atom is 0.454 e. The molecule has 32 valence electrons. The maximum absolute atomic E-state index is 9.76. The average molecular weight is 86.0 g/mol. The lowest BCUT2D eigenvalue weighted by molar-refractivity contribution is 0.176. The molecular weight excluding hydrogens is 84.0 g/mol. The zero-order chi connectivity index (χ0) is 4.41. The first-order chi connectivity index (χ1) is 2.89. The molecule has 1 amide bonds. The van der Waals surface area contributed by atoms with Gasteiger partial charge in [-0.05, 0) is 0 Å². The Labute approximate surface area is 33.8 Å². The lowest BCUT2D eigenvalue weighted by Crippen LogP contribution is -1.86. The zero-order valence-electron chi connectivity index (χ0n) is 2.92.